The van der Waals surface area contributed by atoms with Gasteiger partial charge in [0.15, 0.2) is 0 Å². The Labute approximate surface area is 87.4 Å². The SMILES string of the molecule is Cc1nc(NC(C)C(=O)O)ccc1C#N. The molecule has 0 aromatic carbocycles. The second-order valence-corrected chi connectivity index (χ2v) is 3.15. The molecule has 1 heterocycles. The number of hydrogen-bond acceptors (Lipinski definition) is 4. The lowest BCUT2D eigenvalue weighted by atomic mass is 10.2. The fourth-order valence-corrected chi connectivity index (χ4v) is 1.04. The van der Waals surface area contributed by atoms with Gasteiger partial charge in [-0.15, -0.1) is 0 Å². The Morgan fingerprint density at radius 1 is 1.67 bits per heavy atom. The Morgan fingerprint density at radius 2 is 2.33 bits per heavy atom. The van der Waals surface area contributed by atoms with Crippen LogP contribution >= 0.6 is 0 Å². The molecule has 15 heavy (non-hydrogen) atoms. The van der Waals surface area contributed by atoms with Crippen molar-refractivity contribution >= 4 is 11.8 Å². The van der Waals surface area contributed by atoms with Crippen molar-refractivity contribution in [2.75, 3.05) is 5.32 Å². The van der Waals surface area contributed by atoms with Crippen LogP contribution in [0.25, 0.3) is 0 Å². The minimum atomic E-state index is -0.946. The van der Waals surface area contributed by atoms with Crippen molar-refractivity contribution in [2.24, 2.45) is 0 Å². The quantitative estimate of drug-likeness (QED) is 0.772. The molecule has 2 N–H and O–H groups in total. The fraction of sp³-hybridized carbons (Fsp3) is 0.300. The largest absolute Gasteiger partial charge is 0.480 e. The van der Waals surface area contributed by atoms with Crippen LogP contribution in [0.3, 0.4) is 0 Å². The lowest BCUT2D eigenvalue weighted by molar-refractivity contribution is -0.137. The minimum absolute atomic E-state index is 0.460. The molecule has 0 saturated carbocycles. The van der Waals surface area contributed by atoms with Gasteiger partial charge in [0, 0.05) is 0 Å². The first-order valence-corrected chi connectivity index (χ1v) is 4.41. The van der Waals surface area contributed by atoms with E-state index in [1.165, 1.54) is 6.92 Å². The van der Waals surface area contributed by atoms with Gasteiger partial charge >= 0.3 is 5.97 Å². The number of aromatic nitrogens is 1. The zero-order chi connectivity index (χ0) is 11.4. The van der Waals surface area contributed by atoms with Gasteiger partial charge in [-0.1, -0.05) is 0 Å². The van der Waals surface area contributed by atoms with Crippen molar-refractivity contribution in [3.8, 4) is 6.07 Å². The molecule has 1 aromatic rings. The molecule has 1 unspecified atom stereocenters. The Kier molecular flexibility index (Phi) is 3.24. The molecule has 0 aliphatic rings. The van der Waals surface area contributed by atoms with Gasteiger partial charge in [-0.25, -0.2) is 4.98 Å². The minimum Gasteiger partial charge on any atom is -0.480 e. The average Bonchev–Trinajstić information content (AvgIpc) is 2.18. The first-order valence-electron chi connectivity index (χ1n) is 4.41. The lowest BCUT2D eigenvalue weighted by Gasteiger charge is -2.10. The zero-order valence-corrected chi connectivity index (χ0v) is 8.48. The third kappa shape index (κ3) is 2.68. The fourth-order valence-electron chi connectivity index (χ4n) is 1.04. The number of hydrogen-bond donors (Lipinski definition) is 2. The number of carbonyl (C=O) groups is 1. The van der Waals surface area contributed by atoms with Crippen LogP contribution in [0.1, 0.15) is 18.2 Å². The molecule has 0 fully saturated rings. The maximum absolute atomic E-state index is 10.6. The first kappa shape index (κ1) is 11.0. The molecule has 5 nitrogen and oxygen atoms in total. The highest BCUT2D eigenvalue weighted by atomic mass is 16.4. The lowest BCUT2D eigenvalue weighted by Crippen LogP contribution is -2.25. The summed E-state index contributed by atoms with van der Waals surface area (Å²) in [5.41, 5.74) is 1.07. The van der Waals surface area contributed by atoms with Crippen molar-refractivity contribution in [2.45, 2.75) is 19.9 Å². The summed E-state index contributed by atoms with van der Waals surface area (Å²) in [7, 11) is 0. The smallest absolute Gasteiger partial charge is 0.325 e. The Balaban J connectivity index is 2.85. The first-order chi connectivity index (χ1) is 7.04. The van der Waals surface area contributed by atoms with Gasteiger partial charge in [-0.05, 0) is 26.0 Å². The van der Waals surface area contributed by atoms with Crippen LogP contribution in [0.5, 0.6) is 0 Å². The molecule has 0 aliphatic heterocycles. The molecule has 0 saturated heterocycles. The monoisotopic (exact) mass is 205 g/mol. The summed E-state index contributed by atoms with van der Waals surface area (Å²) in [4.78, 5) is 14.6. The summed E-state index contributed by atoms with van der Waals surface area (Å²) >= 11 is 0. The molecule has 1 rings (SSSR count). The summed E-state index contributed by atoms with van der Waals surface area (Å²) in [5, 5.41) is 20.1. The number of carboxylic acids is 1. The molecule has 0 spiro atoms. The Bertz CT molecular complexity index is 423. The van der Waals surface area contributed by atoms with E-state index in [1.54, 1.807) is 19.1 Å². The topological polar surface area (TPSA) is 86.0 Å². The number of pyridine rings is 1. The van der Waals surface area contributed by atoms with Gasteiger partial charge in [-0.3, -0.25) is 4.79 Å². The van der Waals surface area contributed by atoms with E-state index in [1.807, 2.05) is 6.07 Å². The third-order valence-corrected chi connectivity index (χ3v) is 1.94. The van der Waals surface area contributed by atoms with Crippen LogP contribution in [0.2, 0.25) is 0 Å². The van der Waals surface area contributed by atoms with Gasteiger partial charge in [0.25, 0.3) is 0 Å². The highest BCUT2D eigenvalue weighted by Gasteiger charge is 2.11. The van der Waals surface area contributed by atoms with Crippen LogP contribution in [0.4, 0.5) is 5.82 Å². The molecule has 0 radical (unpaired) electrons. The van der Waals surface area contributed by atoms with E-state index >= 15 is 0 Å². The number of carboxylic acid groups (broad SMARTS) is 1. The summed E-state index contributed by atoms with van der Waals surface area (Å²) in [6.45, 7) is 3.23. The van der Waals surface area contributed by atoms with Crippen LogP contribution in [-0.4, -0.2) is 22.1 Å². The van der Waals surface area contributed by atoms with Crippen molar-refractivity contribution in [3.63, 3.8) is 0 Å². The third-order valence-electron chi connectivity index (χ3n) is 1.94. The summed E-state index contributed by atoms with van der Waals surface area (Å²) in [6.07, 6.45) is 0. The van der Waals surface area contributed by atoms with E-state index in [-0.39, 0.29) is 0 Å². The standard InChI is InChI=1S/C10H11N3O2/c1-6-8(5-11)3-4-9(12-6)13-7(2)10(14)15/h3-4,7H,1-2H3,(H,12,13)(H,14,15). The van der Waals surface area contributed by atoms with E-state index in [9.17, 15) is 4.79 Å². The molecule has 0 aliphatic carbocycles. The maximum Gasteiger partial charge on any atom is 0.325 e. The maximum atomic E-state index is 10.6. The molecule has 78 valence electrons. The summed E-state index contributed by atoms with van der Waals surface area (Å²) < 4.78 is 0. The Morgan fingerprint density at radius 3 is 2.80 bits per heavy atom. The number of rotatable bonds is 3. The number of aryl methyl sites for hydroxylation is 1. The molecular weight excluding hydrogens is 194 g/mol. The predicted molar refractivity (Wildman–Crippen MR) is 54.4 cm³/mol. The van der Waals surface area contributed by atoms with E-state index in [0.717, 1.165) is 0 Å². The predicted octanol–water partition coefficient (Wildman–Crippen LogP) is 1.15. The van der Waals surface area contributed by atoms with E-state index in [4.69, 9.17) is 10.4 Å². The van der Waals surface area contributed by atoms with E-state index in [2.05, 4.69) is 10.3 Å². The van der Waals surface area contributed by atoms with Gasteiger partial charge in [0.1, 0.15) is 17.9 Å². The van der Waals surface area contributed by atoms with Crippen molar-refractivity contribution < 1.29 is 9.90 Å². The highest BCUT2D eigenvalue weighted by molar-refractivity contribution is 5.76. The van der Waals surface area contributed by atoms with Crippen LogP contribution < -0.4 is 5.32 Å². The van der Waals surface area contributed by atoms with Gasteiger partial charge < -0.3 is 10.4 Å². The molecule has 0 bridgehead atoms. The highest BCUT2D eigenvalue weighted by Crippen LogP contribution is 2.10. The van der Waals surface area contributed by atoms with Crippen molar-refractivity contribution in [1.82, 2.24) is 4.98 Å². The number of nitriles is 1. The van der Waals surface area contributed by atoms with Crippen molar-refractivity contribution in [1.29, 1.82) is 5.26 Å². The molecule has 5 heteroatoms. The molecule has 1 atom stereocenters. The van der Waals surface area contributed by atoms with Crippen molar-refractivity contribution in [3.05, 3.63) is 23.4 Å². The molecular formula is C10H11N3O2. The zero-order valence-electron chi connectivity index (χ0n) is 8.48. The second-order valence-electron chi connectivity index (χ2n) is 3.15. The number of anilines is 1. The Hall–Kier alpha value is -2.09. The summed E-state index contributed by atoms with van der Waals surface area (Å²) in [5.74, 6) is -0.486. The van der Waals surface area contributed by atoms with Gasteiger partial charge in [0.05, 0.1) is 11.3 Å². The van der Waals surface area contributed by atoms with E-state index in [0.29, 0.717) is 17.1 Å². The average molecular weight is 205 g/mol. The summed E-state index contributed by atoms with van der Waals surface area (Å²) in [6, 6.07) is 4.49. The van der Waals surface area contributed by atoms with Crippen LogP contribution in [0.15, 0.2) is 12.1 Å². The van der Waals surface area contributed by atoms with Gasteiger partial charge in [-0.2, -0.15) is 5.26 Å². The molecule has 1 aromatic heterocycles. The van der Waals surface area contributed by atoms with Crippen LogP contribution in [0, 0.1) is 18.3 Å². The number of nitrogens with zero attached hydrogens (tertiary/aromatic N) is 2. The number of aliphatic carboxylic acids is 1. The van der Waals surface area contributed by atoms with E-state index < -0.39 is 12.0 Å². The normalized spacial score (nSPS) is 11.5. The second kappa shape index (κ2) is 4.42. The molecule has 0 amide bonds. The van der Waals surface area contributed by atoms with Crippen LogP contribution in [-0.2, 0) is 4.79 Å². The number of nitrogens with one attached hydrogen (secondary N) is 1. The van der Waals surface area contributed by atoms with Gasteiger partial charge in [0.2, 0.25) is 0 Å².